The first kappa shape index (κ1) is 12.3. The Morgan fingerprint density at radius 1 is 1.47 bits per heavy atom. The molecule has 0 saturated carbocycles. The molecular weight excluding hydrogens is 288 g/mol. The van der Waals surface area contributed by atoms with Gasteiger partial charge in [-0.15, -0.1) is 0 Å². The maximum absolute atomic E-state index is 5.09. The van der Waals surface area contributed by atoms with Crippen molar-refractivity contribution in [1.29, 1.82) is 0 Å². The van der Waals surface area contributed by atoms with Crippen molar-refractivity contribution >= 4 is 27.4 Å². The molecule has 0 unspecified atom stereocenters. The van der Waals surface area contributed by atoms with Crippen LogP contribution in [0.3, 0.4) is 0 Å². The van der Waals surface area contributed by atoms with Crippen molar-refractivity contribution < 1.29 is 9.47 Å². The van der Waals surface area contributed by atoms with E-state index >= 15 is 0 Å². The number of nitrogens with zero attached hydrogens (tertiary/aromatic N) is 3. The van der Waals surface area contributed by atoms with Gasteiger partial charge >= 0.3 is 0 Å². The molecule has 0 saturated heterocycles. The summed E-state index contributed by atoms with van der Waals surface area (Å²) in [5.41, 5.74) is 0.763. The summed E-state index contributed by atoms with van der Waals surface area (Å²) in [5, 5.41) is 3.14. The fourth-order valence-corrected chi connectivity index (χ4v) is 1.86. The Balaban J connectivity index is 2.20. The summed E-state index contributed by atoms with van der Waals surface area (Å²) >= 11 is 3.35. The van der Waals surface area contributed by atoms with E-state index in [1.165, 1.54) is 0 Å². The minimum atomic E-state index is -0.314. The fourth-order valence-electron chi connectivity index (χ4n) is 1.46. The summed E-state index contributed by atoms with van der Waals surface area (Å²) in [6, 6.07) is 0. The molecule has 0 atom stereocenters. The van der Waals surface area contributed by atoms with E-state index in [4.69, 9.17) is 9.47 Å². The van der Waals surface area contributed by atoms with E-state index in [0.29, 0.717) is 12.4 Å². The highest BCUT2D eigenvalue weighted by atomic mass is 79.9. The van der Waals surface area contributed by atoms with Gasteiger partial charge in [-0.2, -0.15) is 0 Å². The molecule has 17 heavy (non-hydrogen) atoms. The van der Waals surface area contributed by atoms with Crippen molar-refractivity contribution in [2.24, 2.45) is 0 Å². The van der Waals surface area contributed by atoms with Crippen molar-refractivity contribution in [2.75, 3.05) is 26.1 Å². The molecule has 0 aliphatic carbocycles. The van der Waals surface area contributed by atoms with Gasteiger partial charge in [0, 0.05) is 32.8 Å². The Morgan fingerprint density at radius 3 is 2.94 bits per heavy atom. The lowest BCUT2D eigenvalue weighted by molar-refractivity contribution is -0.0914. The Morgan fingerprint density at radius 2 is 2.24 bits per heavy atom. The number of anilines is 1. The van der Waals surface area contributed by atoms with E-state index in [1.807, 2.05) is 16.8 Å². The molecule has 0 spiro atoms. The molecule has 2 aromatic rings. The summed E-state index contributed by atoms with van der Waals surface area (Å²) in [7, 11) is 3.19. The average molecular weight is 301 g/mol. The number of ether oxygens (including phenoxy) is 2. The molecule has 0 amide bonds. The lowest BCUT2D eigenvalue weighted by Crippen LogP contribution is -2.24. The predicted octanol–water partition coefficient (Wildman–Crippen LogP) is 1.52. The summed E-state index contributed by atoms with van der Waals surface area (Å²) in [6.07, 6.45) is 5.11. The number of methoxy groups -OCH3 is 2. The second-order valence-electron chi connectivity index (χ2n) is 3.35. The van der Waals surface area contributed by atoms with Crippen LogP contribution in [0.5, 0.6) is 0 Å². The molecule has 0 aromatic carbocycles. The van der Waals surface area contributed by atoms with Crippen LogP contribution in [-0.4, -0.2) is 41.4 Å². The Bertz CT molecular complexity index is 498. The molecule has 1 N–H and O–H groups in total. The number of imidazole rings is 1. The average Bonchev–Trinajstić information content (AvgIpc) is 2.78. The van der Waals surface area contributed by atoms with Crippen LogP contribution >= 0.6 is 15.9 Å². The summed E-state index contributed by atoms with van der Waals surface area (Å²) in [5.74, 6) is 0.684. The van der Waals surface area contributed by atoms with Gasteiger partial charge in [0.2, 0.25) is 0 Å². The van der Waals surface area contributed by atoms with E-state index in [-0.39, 0.29) is 6.29 Å². The van der Waals surface area contributed by atoms with Gasteiger partial charge in [0.05, 0.1) is 6.54 Å². The molecule has 0 bridgehead atoms. The Hall–Kier alpha value is -1.18. The zero-order valence-corrected chi connectivity index (χ0v) is 11.1. The van der Waals surface area contributed by atoms with Crippen molar-refractivity contribution in [2.45, 2.75) is 6.29 Å². The van der Waals surface area contributed by atoms with Gasteiger partial charge in [0.25, 0.3) is 0 Å². The third-order valence-electron chi connectivity index (χ3n) is 2.31. The van der Waals surface area contributed by atoms with Crippen LogP contribution in [0.4, 0.5) is 5.82 Å². The van der Waals surface area contributed by atoms with Crippen LogP contribution in [-0.2, 0) is 9.47 Å². The number of nitrogens with one attached hydrogen (secondary N) is 1. The molecule has 6 nitrogen and oxygen atoms in total. The number of hydrogen-bond donors (Lipinski definition) is 1. The molecule has 0 fully saturated rings. The highest BCUT2D eigenvalue weighted by Crippen LogP contribution is 2.16. The second kappa shape index (κ2) is 5.44. The summed E-state index contributed by atoms with van der Waals surface area (Å²) < 4.78 is 12.8. The van der Waals surface area contributed by atoms with Crippen molar-refractivity contribution in [1.82, 2.24) is 14.4 Å². The number of fused-ring (bicyclic) bond motifs is 1. The molecule has 2 heterocycles. The van der Waals surface area contributed by atoms with Gasteiger partial charge in [-0.3, -0.25) is 0 Å². The number of rotatable bonds is 5. The summed E-state index contributed by atoms with van der Waals surface area (Å²) in [4.78, 5) is 8.55. The van der Waals surface area contributed by atoms with Crippen molar-refractivity contribution in [3.63, 3.8) is 0 Å². The number of aromatic nitrogens is 3. The Labute approximate surface area is 107 Å². The lowest BCUT2D eigenvalue weighted by atomic mass is 10.5. The minimum Gasteiger partial charge on any atom is -0.362 e. The molecule has 0 aliphatic heterocycles. The number of hydrogen-bond acceptors (Lipinski definition) is 5. The van der Waals surface area contributed by atoms with Crippen LogP contribution in [0, 0.1) is 0 Å². The molecule has 2 rings (SSSR count). The maximum Gasteiger partial charge on any atom is 0.180 e. The Kier molecular flexibility index (Phi) is 3.93. The minimum absolute atomic E-state index is 0.314. The van der Waals surface area contributed by atoms with Crippen LogP contribution in [0.1, 0.15) is 0 Å². The van der Waals surface area contributed by atoms with Crippen LogP contribution in [0.25, 0.3) is 5.65 Å². The molecule has 92 valence electrons. The zero-order chi connectivity index (χ0) is 12.3. The van der Waals surface area contributed by atoms with Gasteiger partial charge in [0.1, 0.15) is 4.60 Å². The van der Waals surface area contributed by atoms with Gasteiger partial charge in [-0.25, -0.2) is 9.97 Å². The normalized spacial score (nSPS) is 11.3. The SMILES string of the molecule is COC(CNc1nc(Br)cn2ccnc12)OC. The topological polar surface area (TPSA) is 60.7 Å². The quantitative estimate of drug-likeness (QED) is 0.849. The fraction of sp³-hybridized carbons (Fsp3) is 0.400. The maximum atomic E-state index is 5.09. The molecule has 0 radical (unpaired) electrons. The van der Waals surface area contributed by atoms with Crippen molar-refractivity contribution in [3.8, 4) is 0 Å². The van der Waals surface area contributed by atoms with Gasteiger partial charge in [0.15, 0.2) is 17.8 Å². The third kappa shape index (κ3) is 2.74. The van der Waals surface area contributed by atoms with Crippen LogP contribution in [0.15, 0.2) is 23.2 Å². The number of halogens is 1. The first-order valence-electron chi connectivity index (χ1n) is 5.03. The molecular formula is C10H13BrN4O2. The van der Waals surface area contributed by atoms with E-state index in [9.17, 15) is 0 Å². The molecule has 2 aromatic heterocycles. The monoisotopic (exact) mass is 300 g/mol. The first-order chi connectivity index (χ1) is 8.24. The zero-order valence-electron chi connectivity index (χ0n) is 9.55. The van der Waals surface area contributed by atoms with E-state index in [2.05, 4.69) is 31.2 Å². The van der Waals surface area contributed by atoms with E-state index in [0.717, 1.165) is 10.3 Å². The van der Waals surface area contributed by atoms with E-state index < -0.39 is 0 Å². The second-order valence-corrected chi connectivity index (χ2v) is 4.16. The lowest BCUT2D eigenvalue weighted by Gasteiger charge is -2.14. The van der Waals surface area contributed by atoms with Crippen LogP contribution < -0.4 is 5.32 Å². The first-order valence-corrected chi connectivity index (χ1v) is 5.82. The van der Waals surface area contributed by atoms with Gasteiger partial charge < -0.3 is 19.2 Å². The highest BCUT2D eigenvalue weighted by Gasteiger charge is 2.09. The predicted molar refractivity (Wildman–Crippen MR) is 67.0 cm³/mol. The standard InChI is InChI=1S/C10H13BrN4O2/c1-16-8(17-2)5-13-9-10-12-3-4-15(10)6-7(11)14-9/h3-4,6,8H,5H2,1-2H3,(H,13,14). The largest absolute Gasteiger partial charge is 0.362 e. The van der Waals surface area contributed by atoms with Gasteiger partial charge in [-0.05, 0) is 15.9 Å². The molecule has 0 aliphatic rings. The van der Waals surface area contributed by atoms with Gasteiger partial charge in [-0.1, -0.05) is 0 Å². The van der Waals surface area contributed by atoms with E-state index in [1.54, 1.807) is 20.4 Å². The highest BCUT2D eigenvalue weighted by molar-refractivity contribution is 9.10. The van der Waals surface area contributed by atoms with Crippen LogP contribution in [0.2, 0.25) is 0 Å². The third-order valence-corrected chi connectivity index (χ3v) is 2.69. The summed E-state index contributed by atoms with van der Waals surface area (Å²) in [6.45, 7) is 0.499. The molecule has 7 heteroatoms. The van der Waals surface area contributed by atoms with Crippen molar-refractivity contribution in [3.05, 3.63) is 23.2 Å². The smallest absolute Gasteiger partial charge is 0.180 e.